The average molecular weight is 298 g/mol. The van der Waals surface area contributed by atoms with Gasteiger partial charge in [0.25, 0.3) is 0 Å². The molecule has 1 fully saturated rings. The molecule has 0 radical (unpaired) electrons. The highest BCUT2D eigenvalue weighted by Crippen LogP contribution is 2.15. The van der Waals surface area contributed by atoms with Crippen LogP contribution >= 0.6 is 0 Å². The Morgan fingerprint density at radius 2 is 1.95 bits per heavy atom. The van der Waals surface area contributed by atoms with Crippen LogP contribution in [0.3, 0.4) is 0 Å². The van der Waals surface area contributed by atoms with E-state index in [1.807, 2.05) is 0 Å². The standard InChI is InChI=1S/C16H34N4O/c1-6-17-15(19-13-16(3,4)21-5)18-9-12-20-10-7-14(2)8-11-20/h14H,6-13H2,1-5H3,(H2,17,18,19). The summed E-state index contributed by atoms with van der Waals surface area (Å²) in [5.41, 5.74) is -0.217. The van der Waals surface area contributed by atoms with Crippen LogP contribution in [0.4, 0.5) is 0 Å². The molecular formula is C16H34N4O. The Hall–Kier alpha value is -0.810. The number of hydrogen-bond donors (Lipinski definition) is 2. The number of likely N-dealkylation sites (tertiary alicyclic amines) is 1. The van der Waals surface area contributed by atoms with Crippen LogP contribution in [-0.4, -0.2) is 62.8 Å². The van der Waals surface area contributed by atoms with Gasteiger partial charge in [-0.25, -0.2) is 0 Å². The van der Waals surface area contributed by atoms with Crippen molar-refractivity contribution in [2.24, 2.45) is 10.9 Å². The number of ether oxygens (including phenoxy) is 1. The predicted molar refractivity (Wildman–Crippen MR) is 89.9 cm³/mol. The third-order valence-electron chi connectivity index (χ3n) is 4.11. The molecule has 5 heteroatoms. The van der Waals surface area contributed by atoms with E-state index in [9.17, 15) is 0 Å². The Kier molecular flexibility index (Phi) is 8.04. The lowest BCUT2D eigenvalue weighted by molar-refractivity contribution is 0.0310. The SMILES string of the molecule is CCNC(=NCC(C)(C)OC)NCCN1CCC(C)CC1. The maximum absolute atomic E-state index is 5.41. The van der Waals surface area contributed by atoms with Gasteiger partial charge in [0.1, 0.15) is 0 Å². The van der Waals surface area contributed by atoms with E-state index < -0.39 is 0 Å². The summed E-state index contributed by atoms with van der Waals surface area (Å²) in [5, 5.41) is 6.71. The predicted octanol–water partition coefficient (Wildman–Crippen LogP) is 1.70. The van der Waals surface area contributed by atoms with E-state index in [1.54, 1.807) is 7.11 Å². The molecule has 1 aliphatic rings. The quantitative estimate of drug-likeness (QED) is 0.555. The fourth-order valence-electron chi connectivity index (χ4n) is 2.29. The molecule has 5 nitrogen and oxygen atoms in total. The maximum Gasteiger partial charge on any atom is 0.191 e. The lowest BCUT2D eigenvalue weighted by Gasteiger charge is -2.30. The first-order chi connectivity index (χ1) is 9.96. The Morgan fingerprint density at radius 1 is 1.29 bits per heavy atom. The van der Waals surface area contributed by atoms with Crippen LogP contribution in [0.15, 0.2) is 4.99 Å². The first kappa shape index (κ1) is 18.2. The van der Waals surface area contributed by atoms with E-state index in [4.69, 9.17) is 4.74 Å². The first-order valence-corrected chi connectivity index (χ1v) is 8.26. The van der Waals surface area contributed by atoms with Crippen LogP contribution in [0.5, 0.6) is 0 Å². The summed E-state index contributed by atoms with van der Waals surface area (Å²) in [4.78, 5) is 7.14. The molecule has 0 amide bonds. The summed E-state index contributed by atoms with van der Waals surface area (Å²) in [6, 6.07) is 0. The molecule has 0 bridgehead atoms. The van der Waals surface area contributed by atoms with Gasteiger partial charge in [0.2, 0.25) is 0 Å². The van der Waals surface area contributed by atoms with Crippen LogP contribution in [0.25, 0.3) is 0 Å². The molecule has 0 aliphatic carbocycles. The third kappa shape index (κ3) is 7.67. The largest absolute Gasteiger partial charge is 0.377 e. The van der Waals surface area contributed by atoms with Gasteiger partial charge in [0, 0.05) is 26.7 Å². The number of nitrogens with zero attached hydrogens (tertiary/aromatic N) is 2. The van der Waals surface area contributed by atoms with Crippen LogP contribution in [0, 0.1) is 5.92 Å². The summed E-state index contributed by atoms with van der Waals surface area (Å²) in [6.07, 6.45) is 2.66. The minimum Gasteiger partial charge on any atom is -0.377 e. The van der Waals surface area contributed by atoms with Gasteiger partial charge in [-0.05, 0) is 52.6 Å². The molecule has 0 saturated carbocycles. The molecule has 0 aromatic carbocycles. The summed E-state index contributed by atoms with van der Waals surface area (Å²) >= 11 is 0. The second kappa shape index (κ2) is 9.26. The number of rotatable bonds is 7. The molecule has 0 unspecified atom stereocenters. The van der Waals surface area contributed by atoms with Crippen molar-refractivity contribution in [2.75, 3.05) is 46.4 Å². The van der Waals surface area contributed by atoms with Gasteiger partial charge in [-0.2, -0.15) is 0 Å². The number of guanidine groups is 1. The van der Waals surface area contributed by atoms with E-state index in [-0.39, 0.29) is 5.60 Å². The van der Waals surface area contributed by atoms with Gasteiger partial charge >= 0.3 is 0 Å². The minimum absolute atomic E-state index is 0.217. The fourth-order valence-corrected chi connectivity index (χ4v) is 2.29. The topological polar surface area (TPSA) is 48.9 Å². The average Bonchev–Trinajstić information content (AvgIpc) is 2.47. The van der Waals surface area contributed by atoms with Crippen molar-refractivity contribution in [1.82, 2.24) is 15.5 Å². The number of nitrogens with one attached hydrogen (secondary N) is 2. The number of methoxy groups -OCH3 is 1. The zero-order valence-corrected chi connectivity index (χ0v) is 14.5. The highest BCUT2D eigenvalue weighted by Gasteiger charge is 2.16. The summed E-state index contributed by atoms with van der Waals surface area (Å²) in [6.45, 7) is 14.6. The molecule has 0 atom stereocenters. The smallest absolute Gasteiger partial charge is 0.191 e. The highest BCUT2D eigenvalue weighted by molar-refractivity contribution is 5.79. The Labute approximate surface area is 130 Å². The van der Waals surface area contributed by atoms with Gasteiger partial charge in [-0.3, -0.25) is 4.99 Å². The fraction of sp³-hybridized carbons (Fsp3) is 0.938. The van der Waals surface area contributed by atoms with Crippen LogP contribution in [-0.2, 0) is 4.74 Å². The molecule has 1 rings (SSSR count). The molecule has 1 saturated heterocycles. The summed E-state index contributed by atoms with van der Waals surface area (Å²) < 4.78 is 5.41. The van der Waals surface area contributed by atoms with Gasteiger partial charge in [-0.1, -0.05) is 6.92 Å². The van der Waals surface area contributed by atoms with E-state index in [0.29, 0.717) is 6.54 Å². The molecule has 1 heterocycles. The molecule has 124 valence electrons. The van der Waals surface area contributed by atoms with Gasteiger partial charge < -0.3 is 20.3 Å². The summed E-state index contributed by atoms with van der Waals surface area (Å²) in [7, 11) is 1.73. The second-order valence-corrected chi connectivity index (χ2v) is 6.61. The molecule has 0 aromatic heterocycles. The van der Waals surface area contributed by atoms with E-state index in [0.717, 1.165) is 31.5 Å². The third-order valence-corrected chi connectivity index (χ3v) is 4.11. The van der Waals surface area contributed by atoms with Crippen LogP contribution in [0.2, 0.25) is 0 Å². The summed E-state index contributed by atoms with van der Waals surface area (Å²) in [5.74, 6) is 1.78. The minimum atomic E-state index is -0.217. The van der Waals surface area contributed by atoms with Crippen molar-refractivity contribution in [1.29, 1.82) is 0 Å². The van der Waals surface area contributed by atoms with Crippen molar-refractivity contribution in [3.05, 3.63) is 0 Å². The zero-order valence-electron chi connectivity index (χ0n) is 14.5. The molecule has 2 N–H and O–H groups in total. The van der Waals surface area contributed by atoms with E-state index in [1.165, 1.54) is 25.9 Å². The van der Waals surface area contributed by atoms with Crippen molar-refractivity contribution in [3.63, 3.8) is 0 Å². The van der Waals surface area contributed by atoms with Crippen molar-refractivity contribution >= 4 is 5.96 Å². The van der Waals surface area contributed by atoms with Crippen molar-refractivity contribution < 1.29 is 4.74 Å². The molecule has 0 aromatic rings. The van der Waals surface area contributed by atoms with Gasteiger partial charge in [-0.15, -0.1) is 0 Å². The van der Waals surface area contributed by atoms with Crippen LogP contribution in [0.1, 0.15) is 40.5 Å². The number of piperidine rings is 1. The highest BCUT2D eigenvalue weighted by atomic mass is 16.5. The lowest BCUT2D eigenvalue weighted by atomic mass is 9.99. The van der Waals surface area contributed by atoms with Crippen molar-refractivity contribution in [2.45, 2.75) is 46.1 Å². The zero-order chi connectivity index (χ0) is 15.7. The molecule has 0 spiro atoms. The number of aliphatic imine (C=N–C) groups is 1. The van der Waals surface area contributed by atoms with E-state index >= 15 is 0 Å². The maximum atomic E-state index is 5.41. The van der Waals surface area contributed by atoms with E-state index in [2.05, 4.69) is 48.2 Å². The molecule has 1 aliphatic heterocycles. The monoisotopic (exact) mass is 298 g/mol. The van der Waals surface area contributed by atoms with Crippen molar-refractivity contribution in [3.8, 4) is 0 Å². The van der Waals surface area contributed by atoms with Crippen LogP contribution < -0.4 is 10.6 Å². The Morgan fingerprint density at radius 3 is 2.52 bits per heavy atom. The molecular weight excluding hydrogens is 264 g/mol. The Bertz CT molecular complexity index is 309. The molecule has 21 heavy (non-hydrogen) atoms. The number of hydrogen-bond acceptors (Lipinski definition) is 3. The second-order valence-electron chi connectivity index (χ2n) is 6.61. The lowest BCUT2D eigenvalue weighted by Crippen LogP contribution is -2.44. The van der Waals surface area contributed by atoms with Gasteiger partial charge in [0.15, 0.2) is 5.96 Å². The Balaban J connectivity index is 2.32. The van der Waals surface area contributed by atoms with Gasteiger partial charge in [0.05, 0.1) is 12.1 Å². The normalized spacial score (nSPS) is 18.8. The first-order valence-electron chi connectivity index (χ1n) is 8.26.